The molecule has 0 atom stereocenters. The van der Waals surface area contributed by atoms with Crippen molar-refractivity contribution < 1.29 is 4.79 Å². The Morgan fingerprint density at radius 1 is 1.33 bits per heavy atom. The topological polar surface area (TPSA) is 98.7 Å². The zero-order valence-corrected chi connectivity index (χ0v) is 11.2. The number of pyridine rings is 1. The minimum absolute atomic E-state index is 0.0870. The van der Waals surface area contributed by atoms with Crippen molar-refractivity contribution in [1.29, 1.82) is 0 Å². The molecular formula is C14H14N6O. The second-order valence-corrected chi connectivity index (χ2v) is 4.56. The number of nitrogens with one attached hydrogen (secondary N) is 1. The van der Waals surface area contributed by atoms with Crippen LogP contribution in [0.1, 0.15) is 5.69 Å². The number of hydrogen-bond acceptors (Lipinski definition) is 5. The molecule has 0 bridgehead atoms. The van der Waals surface area contributed by atoms with Crippen LogP contribution in [0, 0.1) is 0 Å². The predicted octanol–water partition coefficient (Wildman–Crippen LogP) is 0.924. The zero-order chi connectivity index (χ0) is 14.7. The molecule has 0 unspecified atom stereocenters. The Kier molecular flexibility index (Phi) is 3.57. The molecule has 2 heterocycles. The van der Waals surface area contributed by atoms with Crippen LogP contribution in [0.5, 0.6) is 0 Å². The SMILES string of the molecule is NCc1cn(CC(=O)Nc2cccc3ccncc23)nn1. The summed E-state index contributed by atoms with van der Waals surface area (Å²) in [6, 6.07) is 7.60. The first-order chi connectivity index (χ1) is 10.3. The lowest BCUT2D eigenvalue weighted by Crippen LogP contribution is -2.19. The number of nitrogens with zero attached hydrogens (tertiary/aromatic N) is 4. The Morgan fingerprint density at radius 2 is 2.24 bits per heavy atom. The molecular weight excluding hydrogens is 268 g/mol. The molecule has 3 aromatic rings. The van der Waals surface area contributed by atoms with Gasteiger partial charge in [-0.2, -0.15) is 0 Å². The van der Waals surface area contributed by atoms with Crippen LogP contribution in [0.2, 0.25) is 0 Å². The van der Waals surface area contributed by atoms with E-state index in [1.54, 1.807) is 18.6 Å². The van der Waals surface area contributed by atoms with Crippen LogP contribution in [0.25, 0.3) is 10.8 Å². The zero-order valence-electron chi connectivity index (χ0n) is 11.2. The van der Waals surface area contributed by atoms with E-state index < -0.39 is 0 Å². The van der Waals surface area contributed by atoms with E-state index in [1.165, 1.54) is 4.68 Å². The van der Waals surface area contributed by atoms with E-state index in [1.807, 2.05) is 24.3 Å². The van der Waals surface area contributed by atoms with Crippen LogP contribution in [0.15, 0.2) is 42.9 Å². The lowest BCUT2D eigenvalue weighted by molar-refractivity contribution is -0.116. The minimum Gasteiger partial charge on any atom is -0.325 e. The number of carbonyl (C=O) groups is 1. The third-order valence-corrected chi connectivity index (χ3v) is 3.06. The van der Waals surface area contributed by atoms with Crippen LogP contribution in [0.4, 0.5) is 5.69 Å². The molecule has 0 fully saturated rings. The molecule has 7 nitrogen and oxygen atoms in total. The van der Waals surface area contributed by atoms with Gasteiger partial charge in [0.2, 0.25) is 5.91 Å². The van der Waals surface area contributed by atoms with Gasteiger partial charge < -0.3 is 11.1 Å². The molecule has 0 saturated carbocycles. The van der Waals surface area contributed by atoms with Gasteiger partial charge in [0.25, 0.3) is 0 Å². The summed E-state index contributed by atoms with van der Waals surface area (Å²) in [6.45, 7) is 0.389. The number of fused-ring (bicyclic) bond motifs is 1. The predicted molar refractivity (Wildman–Crippen MR) is 78.3 cm³/mol. The molecule has 1 aromatic carbocycles. The van der Waals surface area contributed by atoms with Crippen molar-refractivity contribution >= 4 is 22.4 Å². The second-order valence-electron chi connectivity index (χ2n) is 4.56. The van der Waals surface area contributed by atoms with Crippen molar-refractivity contribution in [2.45, 2.75) is 13.1 Å². The third-order valence-electron chi connectivity index (χ3n) is 3.06. The Morgan fingerprint density at radius 3 is 3.05 bits per heavy atom. The lowest BCUT2D eigenvalue weighted by atomic mass is 10.1. The number of rotatable bonds is 4. The second kappa shape index (κ2) is 5.68. The van der Waals surface area contributed by atoms with Gasteiger partial charge in [-0.1, -0.05) is 17.3 Å². The van der Waals surface area contributed by atoms with E-state index in [-0.39, 0.29) is 12.5 Å². The van der Waals surface area contributed by atoms with Crippen LogP contribution in [-0.2, 0) is 17.9 Å². The molecule has 1 amide bonds. The normalized spacial score (nSPS) is 10.7. The molecule has 0 aliphatic heterocycles. The number of anilines is 1. The van der Waals surface area contributed by atoms with Crippen molar-refractivity contribution in [2.75, 3.05) is 5.32 Å². The highest BCUT2D eigenvalue weighted by molar-refractivity contribution is 6.01. The van der Waals surface area contributed by atoms with E-state index in [4.69, 9.17) is 5.73 Å². The summed E-state index contributed by atoms with van der Waals surface area (Å²) >= 11 is 0. The molecule has 0 aliphatic rings. The molecule has 7 heteroatoms. The number of nitrogens with two attached hydrogens (primary N) is 1. The molecule has 2 aromatic heterocycles. The third kappa shape index (κ3) is 2.87. The van der Waals surface area contributed by atoms with Gasteiger partial charge in [0.15, 0.2) is 0 Å². The van der Waals surface area contributed by atoms with Crippen LogP contribution >= 0.6 is 0 Å². The molecule has 21 heavy (non-hydrogen) atoms. The van der Waals surface area contributed by atoms with E-state index in [0.29, 0.717) is 12.2 Å². The first kappa shape index (κ1) is 13.2. The summed E-state index contributed by atoms with van der Waals surface area (Å²) in [7, 11) is 0. The maximum Gasteiger partial charge on any atom is 0.246 e. The van der Waals surface area contributed by atoms with Gasteiger partial charge in [-0.05, 0) is 17.5 Å². The van der Waals surface area contributed by atoms with Gasteiger partial charge in [-0.25, -0.2) is 4.68 Å². The van der Waals surface area contributed by atoms with Gasteiger partial charge in [-0.3, -0.25) is 9.78 Å². The fourth-order valence-corrected chi connectivity index (χ4v) is 2.07. The number of benzene rings is 1. The lowest BCUT2D eigenvalue weighted by Gasteiger charge is -2.08. The van der Waals surface area contributed by atoms with Crippen LogP contribution in [-0.4, -0.2) is 25.9 Å². The largest absolute Gasteiger partial charge is 0.325 e. The summed E-state index contributed by atoms with van der Waals surface area (Å²) in [5, 5.41) is 12.5. The Labute approximate surface area is 120 Å². The van der Waals surface area contributed by atoms with E-state index in [0.717, 1.165) is 16.5 Å². The number of hydrogen-bond donors (Lipinski definition) is 2. The Bertz CT molecular complexity index is 776. The maximum atomic E-state index is 12.1. The number of amides is 1. The number of aromatic nitrogens is 4. The standard InChI is InChI=1S/C14H14N6O/c15-6-11-8-20(19-18-11)9-14(21)17-13-3-1-2-10-4-5-16-7-12(10)13/h1-5,7-8H,6,9,15H2,(H,17,21). The minimum atomic E-state index is -0.181. The van der Waals surface area contributed by atoms with Gasteiger partial charge in [0.1, 0.15) is 6.54 Å². The van der Waals surface area contributed by atoms with E-state index in [9.17, 15) is 4.79 Å². The van der Waals surface area contributed by atoms with Crippen molar-refractivity contribution in [1.82, 2.24) is 20.0 Å². The summed E-state index contributed by atoms with van der Waals surface area (Å²) in [4.78, 5) is 16.2. The van der Waals surface area contributed by atoms with E-state index in [2.05, 4.69) is 20.6 Å². The number of carbonyl (C=O) groups excluding carboxylic acids is 1. The highest BCUT2D eigenvalue weighted by Gasteiger charge is 2.08. The Hall–Kier alpha value is -2.80. The highest BCUT2D eigenvalue weighted by atomic mass is 16.2. The molecule has 0 spiro atoms. The first-order valence-corrected chi connectivity index (χ1v) is 6.48. The molecule has 106 valence electrons. The molecule has 0 aliphatic carbocycles. The molecule has 0 saturated heterocycles. The molecule has 0 radical (unpaired) electrons. The monoisotopic (exact) mass is 282 g/mol. The van der Waals surface area contributed by atoms with Crippen molar-refractivity contribution in [2.24, 2.45) is 5.73 Å². The fraction of sp³-hybridized carbons (Fsp3) is 0.143. The average Bonchev–Trinajstić information content (AvgIpc) is 2.95. The Balaban J connectivity index is 1.77. The smallest absolute Gasteiger partial charge is 0.246 e. The fourth-order valence-electron chi connectivity index (χ4n) is 2.07. The van der Waals surface area contributed by atoms with Gasteiger partial charge in [-0.15, -0.1) is 5.10 Å². The highest BCUT2D eigenvalue weighted by Crippen LogP contribution is 2.21. The molecule has 3 rings (SSSR count). The summed E-state index contributed by atoms with van der Waals surface area (Å²) in [5.74, 6) is -0.181. The molecule has 3 N–H and O–H groups in total. The van der Waals surface area contributed by atoms with Gasteiger partial charge in [0.05, 0.1) is 17.6 Å². The van der Waals surface area contributed by atoms with Gasteiger partial charge >= 0.3 is 0 Å². The maximum absolute atomic E-state index is 12.1. The summed E-state index contributed by atoms with van der Waals surface area (Å²) in [5.41, 5.74) is 6.83. The quantitative estimate of drug-likeness (QED) is 0.741. The van der Waals surface area contributed by atoms with E-state index >= 15 is 0 Å². The average molecular weight is 282 g/mol. The first-order valence-electron chi connectivity index (χ1n) is 6.48. The van der Waals surface area contributed by atoms with Gasteiger partial charge in [0, 0.05) is 24.3 Å². The summed E-state index contributed by atoms with van der Waals surface area (Å²) in [6.07, 6.45) is 5.11. The van der Waals surface area contributed by atoms with Crippen LogP contribution < -0.4 is 11.1 Å². The van der Waals surface area contributed by atoms with Crippen LogP contribution in [0.3, 0.4) is 0 Å². The van der Waals surface area contributed by atoms with Crippen molar-refractivity contribution in [3.63, 3.8) is 0 Å². The van der Waals surface area contributed by atoms with Crippen molar-refractivity contribution in [3.8, 4) is 0 Å². The van der Waals surface area contributed by atoms with Crippen molar-refractivity contribution in [3.05, 3.63) is 48.5 Å². The summed E-state index contributed by atoms with van der Waals surface area (Å²) < 4.78 is 1.46.